The highest BCUT2D eigenvalue weighted by Crippen LogP contribution is 2.39. The van der Waals surface area contributed by atoms with Gasteiger partial charge < -0.3 is 9.47 Å². The Labute approximate surface area is 99.0 Å². The van der Waals surface area contributed by atoms with Gasteiger partial charge in [-0.05, 0) is 39.0 Å². The highest BCUT2D eigenvalue weighted by molar-refractivity contribution is 5.09. The van der Waals surface area contributed by atoms with Crippen LogP contribution >= 0.6 is 0 Å². The van der Waals surface area contributed by atoms with Crippen LogP contribution in [0.3, 0.4) is 0 Å². The summed E-state index contributed by atoms with van der Waals surface area (Å²) in [6.45, 7) is 11.0. The van der Waals surface area contributed by atoms with Gasteiger partial charge in [-0.25, -0.2) is 0 Å². The molecular weight excluding hydrogens is 200 g/mol. The number of hydrogen-bond acceptors (Lipinski definition) is 2. The highest BCUT2D eigenvalue weighted by atomic mass is 16.7. The van der Waals surface area contributed by atoms with Gasteiger partial charge in [0.1, 0.15) is 0 Å². The van der Waals surface area contributed by atoms with E-state index >= 15 is 0 Å². The number of ether oxygens (including phenoxy) is 2. The van der Waals surface area contributed by atoms with E-state index in [1.807, 2.05) is 0 Å². The lowest BCUT2D eigenvalue weighted by molar-refractivity contribution is -0.125. The van der Waals surface area contributed by atoms with Crippen LogP contribution in [0, 0.1) is 17.8 Å². The quantitative estimate of drug-likeness (QED) is 0.636. The molecule has 2 heteroatoms. The van der Waals surface area contributed by atoms with Crippen molar-refractivity contribution in [2.45, 2.75) is 59.5 Å². The molecule has 0 spiro atoms. The fourth-order valence-corrected chi connectivity index (χ4v) is 3.16. The van der Waals surface area contributed by atoms with Crippen LogP contribution < -0.4 is 0 Å². The molecule has 0 amide bonds. The summed E-state index contributed by atoms with van der Waals surface area (Å²) in [4.78, 5) is 0. The van der Waals surface area contributed by atoms with Crippen LogP contribution in [-0.4, -0.2) is 18.5 Å². The average Bonchev–Trinajstić information content (AvgIpc) is 2.44. The van der Waals surface area contributed by atoms with Crippen molar-refractivity contribution in [1.29, 1.82) is 0 Å². The molecule has 0 aromatic rings. The minimum absolute atomic E-state index is 0.000602. The van der Waals surface area contributed by atoms with E-state index in [-0.39, 0.29) is 18.5 Å². The van der Waals surface area contributed by atoms with E-state index in [1.165, 1.54) is 12.0 Å². The Morgan fingerprint density at radius 2 is 1.62 bits per heavy atom. The molecular formula is C14H24O2. The predicted octanol–water partition coefficient (Wildman–Crippen LogP) is 3.37. The molecule has 92 valence electrons. The fraction of sp³-hybridized carbons (Fsp3) is 0.857. The Morgan fingerprint density at radius 1 is 1.06 bits per heavy atom. The van der Waals surface area contributed by atoms with Gasteiger partial charge in [0.15, 0.2) is 6.29 Å². The Bertz CT molecular complexity index is 274. The second-order valence-electron chi connectivity index (χ2n) is 5.68. The van der Waals surface area contributed by atoms with E-state index in [0.29, 0.717) is 17.8 Å². The van der Waals surface area contributed by atoms with E-state index in [1.54, 1.807) is 0 Å². The summed E-state index contributed by atoms with van der Waals surface area (Å²) in [5, 5.41) is 0. The molecule has 5 atom stereocenters. The van der Waals surface area contributed by atoms with Gasteiger partial charge in [-0.3, -0.25) is 0 Å². The summed E-state index contributed by atoms with van der Waals surface area (Å²) < 4.78 is 11.9. The van der Waals surface area contributed by atoms with Crippen molar-refractivity contribution < 1.29 is 9.47 Å². The second-order valence-corrected chi connectivity index (χ2v) is 5.68. The maximum atomic E-state index is 5.94. The standard InChI is InChI=1S/C14H24O2/c1-8-6-9(2)13(10(3)7-8)14-15-11(4)12(5)16-14/h6,9-14H,7H2,1-5H3/t9-,10+,11+,12+,13+/m0/s1. The van der Waals surface area contributed by atoms with Crippen LogP contribution in [-0.2, 0) is 9.47 Å². The van der Waals surface area contributed by atoms with Gasteiger partial charge >= 0.3 is 0 Å². The van der Waals surface area contributed by atoms with Crippen LogP contribution in [0.5, 0.6) is 0 Å². The third-order valence-electron chi connectivity index (χ3n) is 4.13. The van der Waals surface area contributed by atoms with Crippen LogP contribution in [0.25, 0.3) is 0 Å². The summed E-state index contributed by atoms with van der Waals surface area (Å²) in [6.07, 6.45) is 4.03. The highest BCUT2D eigenvalue weighted by Gasteiger charge is 2.41. The van der Waals surface area contributed by atoms with Gasteiger partial charge in [0.05, 0.1) is 12.2 Å². The first-order valence-electron chi connectivity index (χ1n) is 6.47. The van der Waals surface area contributed by atoms with E-state index in [4.69, 9.17) is 9.47 Å². The van der Waals surface area contributed by atoms with Gasteiger partial charge in [0.25, 0.3) is 0 Å². The van der Waals surface area contributed by atoms with Crippen LogP contribution in [0.4, 0.5) is 0 Å². The molecule has 1 aliphatic carbocycles. The zero-order valence-corrected chi connectivity index (χ0v) is 11.1. The molecule has 0 radical (unpaired) electrons. The summed E-state index contributed by atoms with van der Waals surface area (Å²) in [5.41, 5.74) is 1.51. The number of allylic oxidation sites excluding steroid dienone is 2. The van der Waals surface area contributed by atoms with Gasteiger partial charge in [-0.1, -0.05) is 25.5 Å². The third-order valence-corrected chi connectivity index (χ3v) is 4.13. The summed E-state index contributed by atoms with van der Waals surface area (Å²) in [5.74, 6) is 1.73. The van der Waals surface area contributed by atoms with Crippen LogP contribution in [0.2, 0.25) is 0 Å². The first kappa shape index (κ1) is 12.1. The average molecular weight is 224 g/mol. The van der Waals surface area contributed by atoms with Gasteiger partial charge in [0, 0.05) is 5.92 Å². The maximum Gasteiger partial charge on any atom is 0.162 e. The molecule has 1 fully saturated rings. The maximum absolute atomic E-state index is 5.94. The molecule has 1 saturated heterocycles. The summed E-state index contributed by atoms with van der Waals surface area (Å²) in [7, 11) is 0. The van der Waals surface area contributed by atoms with Gasteiger partial charge in [-0.2, -0.15) is 0 Å². The Morgan fingerprint density at radius 3 is 2.12 bits per heavy atom. The summed E-state index contributed by atoms with van der Waals surface area (Å²) in [6, 6.07) is 0. The molecule has 0 aromatic heterocycles. The minimum atomic E-state index is -0.000602. The Kier molecular flexibility index (Phi) is 3.41. The second kappa shape index (κ2) is 4.50. The molecule has 2 nitrogen and oxygen atoms in total. The van der Waals surface area contributed by atoms with Crippen molar-refractivity contribution in [2.24, 2.45) is 17.8 Å². The minimum Gasteiger partial charge on any atom is -0.347 e. The lowest BCUT2D eigenvalue weighted by atomic mass is 9.74. The lowest BCUT2D eigenvalue weighted by Gasteiger charge is -2.36. The molecule has 2 aliphatic rings. The number of rotatable bonds is 1. The largest absolute Gasteiger partial charge is 0.347 e. The Hall–Kier alpha value is -0.340. The smallest absolute Gasteiger partial charge is 0.162 e. The molecule has 0 saturated carbocycles. The molecule has 1 aliphatic heterocycles. The molecule has 0 bridgehead atoms. The van der Waals surface area contributed by atoms with Gasteiger partial charge in [-0.15, -0.1) is 0 Å². The molecule has 0 N–H and O–H groups in total. The first-order valence-corrected chi connectivity index (χ1v) is 6.47. The van der Waals surface area contributed by atoms with Crippen molar-refractivity contribution in [3.63, 3.8) is 0 Å². The van der Waals surface area contributed by atoms with Crippen molar-refractivity contribution in [2.75, 3.05) is 0 Å². The molecule has 16 heavy (non-hydrogen) atoms. The van der Waals surface area contributed by atoms with E-state index in [2.05, 4.69) is 40.7 Å². The van der Waals surface area contributed by atoms with Crippen LogP contribution in [0.1, 0.15) is 41.0 Å². The fourth-order valence-electron chi connectivity index (χ4n) is 3.16. The SMILES string of the molecule is CC1=C[C@H](C)[C@@H](C2O[C@H](C)[C@@H](C)O2)[C@H](C)C1. The first-order chi connectivity index (χ1) is 7.49. The van der Waals surface area contributed by atoms with E-state index < -0.39 is 0 Å². The van der Waals surface area contributed by atoms with Crippen LogP contribution in [0.15, 0.2) is 11.6 Å². The normalized spacial score (nSPS) is 45.8. The lowest BCUT2D eigenvalue weighted by Crippen LogP contribution is -2.35. The van der Waals surface area contributed by atoms with Crippen molar-refractivity contribution >= 4 is 0 Å². The monoisotopic (exact) mass is 224 g/mol. The van der Waals surface area contributed by atoms with Crippen molar-refractivity contribution in [3.8, 4) is 0 Å². The van der Waals surface area contributed by atoms with E-state index in [0.717, 1.165) is 0 Å². The zero-order valence-electron chi connectivity index (χ0n) is 11.1. The Balaban J connectivity index is 2.09. The molecule has 0 aromatic carbocycles. The van der Waals surface area contributed by atoms with Crippen molar-refractivity contribution in [1.82, 2.24) is 0 Å². The zero-order chi connectivity index (χ0) is 11.9. The molecule has 0 unspecified atom stereocenters. The number of hydrogen-bond donors (Lipinski definition) is 0. The third kappa shape index (κ3) is 2.18. The topological polar surface area (TPSA) is 18.5 Å². The van der Waals surface area contributed by atoms with Gasteiger partial charge in [0.2, 0.25) is 0 Å². The molecule has 2 rings (SSSR count). The van der Waals surface area contributed by atoms with E-state index in [9.17, 15) is 0 Å². The molecule has 1 heterocycles. The summed E-state index contributed by atoms with van der Waals surface area (Å²) >= 11 is 0. The van der Waals surface area contributed by atoms with Crippen molar-refractivity contribution in [3.05, 3.63) is 11.6 Å². The predicted molar refractivity (Wildman–Crippen MR) is 65.1 cm³/mol.